The Kier molecular flexibility index (Phi) is 2.23. The summed E-state index contributed by atoms with van der Waals surface area (Å²) in [5.74, 6) is 1.02. The Morgan fingerprint density at radius 1 is 1.13 bits per heavy atom. The number of rotatable bonds is 1. The maximum absolute atomic E-state index is 4.50. The third-order valence-electron chi connectivity index (χ3n) is 4.46. The normalized spacial score (nSPS) is 35.1. The van der Waals surface area contributed by atoms with Crippen LogP contribution in [0.3, 0.4) is 0 Å². The molecule has 1 heterocycles. The number of hydrogen-bond donors (Lipinski definition) is 0. The number of hydrogen-bond acceptors (Lipinski definition) is 2. The van der Waals surface area contributed by atoms with E-state index in [1.165, 1.54) is 50.6 Å². The molecule has 0 aromatic carbocycles. The van der Waals surface area contributed by atoms with Crippen molar-refractivity contribution in [2.24, 2.45) is 5.92 Å². The second-order valence-electron chi connectivity index (χ2n) is 5.21. The first-order valence-electron chi connectivity index (χ1n) is 6.16. The maximum atomic E-state index is 4.50. The molecular weight excluding hydrogens is 184 g/mol. The highest BCUT2D eigenvalue weighted by Crippen LogP contribution is 2.48. The van der Waals surface area contributed by atoms with Crippen molar-refractivity contribution < 1.29 is 0 Å². The molecule has 0 unspecified atom stereocenters. The minimum atomic E-state index is 0.413. The van der Waals surface area contributed by atoms with E-state index in [0.717, 1.165) is 5.92 Å². The summed E-state index contributed by atoms with van der Waals surface area (Å²) in [6.07, 6.45) is 13.4. The molecule has 2 heteroatoms. The molecule has 3 fully saturated rings. The van der Waals surface area contributed by atoms with E-state index in [0.29, 0.717) is 5.41 Å². The molecule has 0 atom stereocenters. The van der Waals surface area contributed by atoms with Crippen LogP contribution in [0.5, 0.6) is 0 Å². The second-order valence-corrected chi connectivity index (χ2v) is 5.21. The van der Waals surface area contributed by atoms with Crippen LogP contribution in [0.1, 0.15) is 50.6 Å². The molecule has 4 rings (SSSR count). The lowest BCUT2D eigenvalue weighted by Gasteiger charge is -2.36. The van der Waals surface area contributed by atoms with Crippen molar-refractivity contribution in [3.63, 3.8) is 0 Å². The first kappa shape index (κ1) is 9.32. The smallest absolute Gasteiger partial charge is 0.115 e. The molecule has 80 valence electrons. The summed E-state index contributed by atoms with van der Waals surface area (Å²) in [6.45, 7) is 0. The fourth-order valence-electron chi connectivity index (χ4n) is 3.49. The van der Waals surface area contributed by atoms with Gasteiger partial charge in [0.25, 0.3) is 0 Å². The zero-order valence-electron chi connectivity index (χ0n) is 9.15. The van der Waals surface area contributed by atoms with Crippen LogP contribution in [-0.2, 0) is 5.41 Å². The van der Waals surface area contributed by atoms with Gasteiger partial charge in [0.1, 0.15) is 6.33 Å². The third-order valence-corrected chi connectivity index (χ3v) is 4.46. The van der Waals surface area contributed by atoms with Gasteiger partial charge in [0, 0.05) is 17.3 Å². The second kappa shape index (κ2) is 3.58. The van der Waals surface area contributed by atoms with Gasteiger partial charge in [-0.1, -0.05) is 12.8 Å². The standard InChI is InChI=1S/C13H18N2/c1-2-11-3-7-13(6-1,8-4-11)12-5-9-14-10-15-12/h5,9-11H,1-4,6-8H2. The average Bonchev–Trinajstić information content (AvgIpc) is 2.65. The lowest BCUT2D eigenvalue weighted by Crippen LogP contribution is -2.30. The van der Waals surface area contributed by atoms with Gasteiger partial charge in [-0.05, 0) is 44.1 Å². The lowest BCUT2D eigenvalue weighted by molar-refractivity contribution is 0.253. The molecule has 3 aliphatic carbocycles. The van der Waals surface area contributed by atoms with Crippen LogP contribution in [0.15, 0.2) is 18.6 Å². The van der Waals surface area contributed by atoms with E-state index in [9.17, 15) is 0 Å². The maximum Gasteiger partial charge on any atom is 0.115 e. The summed E-state index contributed by atoms with van der Waals surface area (Å²) in [6, 6.07) is 2.13. The summed E-state index contributed by atoms with van der Waals surface area (Å²) < 4.78 is 0. The molecule has 1 aromatic rings. The van der Waals surface area contributed by atoms with Crippen LogP contribution in [0.25, 0.3) is 0 Å². The molecule has 0 saturated heterocycles. The quantitative estimate of drug-likeness (QED) is 0.699. The van der Waals surface area contributed by atoms with Crippen LogP contribution in [0.4, 0.5) is 0 Å². The Balaban J connectivity index is 1.95. The van der Waals surface area contributed by atoms with E-state index in [1.807, 2.05) is 6.20 Å². The van der Waals surface area contributed by atoms with E-state index >= 15 is 0 Å². The van der Waals surface area contributed by atoms with Crippen molar-refractivity contribution >= 4 is 0 Å². The van der Waals surface area contributed by atoms with E-state index in [2.05, 4.69) is 16.0 Å². The highest BCUT2D eigenvalue weighted by Gasteiger charge is 2.39. The SMILES string of the molecule is c1cc(C23CCCC(CC2)CC3)ncn1. The Labute approximate surface area is 91.1 Å². The average molecular weight is 202 g/mol. The van der Waals surface area contributed by atoms with Crippen molar-refractivity contribution in [1.29, 1.82) is 0 Å². The van der Waals surface area contributed by atoms with Gasteiger partial charge < -0.3 is 0 Å². The van der Waals surface area contributed by atoms with Gasteiger partial charge >= 0.3 is 0 Å². The first-order valence-corrected chi connectivity index (χ1v) is 6.16. The summed E-state index contributed by atoms with van der Waals surface area (Å²) in [5, 5.41) is 0. The van der Waals surface area contributed by atoms with Gasteiger partial charge in [-0.2, -0.15) is 0 Å². The molecular formula is C13H18N2. The van der Waals surface area contributed by atoms with Gasteiger partial charge in [0.15, 0.2) is 0 Å². The van der Waals surface area contributed by atoms with Crippen molar-refractivity contribution in [2.75, 3.05) is 0 Å². The Hall–Kier alpha value is -0.920. The van der Waals surface area contributed by atoms with Gasteiger partial charge in [0.05, 0.1) is 0 Å². The molecule has 0 spiro atoms. The molecule has 2 nitrogen and oxygen atoms in total. The minimum absolute atomic E-state index is 0.413. The summed E-state index contributed by atoms with van der Waals surface area (Å²) in [5.41, 5.74) is 1.72. The van der Waals surface area contributed by atoms with E-state index in [1.54, 1.807) is 6.33 Å². The first-order chi connectivity index (χ1) is 7.39. The van der Waals surface area contributed by atoms with Crippen molar-refractivity contribution in [2.45, 2.75) is 50.4 Å². The Bertz CT molecular complexity index is 320. The van der Waals surface area contributed by atoms with Gasteiger partial charge in [0.2, 0.25) is 0 Å². The van der Waals surface area contributed by atoms with Crippen molar-refractivity contribution in [1.82, 2.24) is 9.97 Å². The molecule has 15 heavy (non-hydrogen) atoms. The molecule has 0 N–H and O–H groups in total. The molecule has 0 radical (unpaired) electrons. The van der Waals surface area contributed by atoms with Gasteiger partial charge in [-0.3, -0.25) is 0 Å². The summed E-state index contributed by atoms with van der Waals surface area (Å²) >= 11 is 0. The van der Waals surface area contributed by atoms with Crippen LogP contribution < -0.4 is 0 Å². The Morgan fingerprint density at radius 3 is 2.73 bits per heavy atom. The van der Waals surface area contributed by atoms with E-state index < -0.39 is 0 Å². The summed E-state index contributed by atoms with van der Waals surface area (Å²) in [7, 11) is 0. The molecule has 3 aliphatic rings. The largest absolute Gasteiger partial charge is 0.245 e. The monoisotopic (exact) mass is 202 g/mol. The van der Waals surface area contributed by atoms with Crippen LogP contribution in [-0.4, -0.2) is 9.97 Å². The number of fused-ring (bicyclic) bond motifs is 4. The fourth-order valence-corrected chi connectivity index (χ4v) is 3.49. The number of nitrogens with zero attached hydrogens (tertiary/aromatic N) is 2. The van der Waals surface area contributed by atoms with Gasteiger partial charge in [-0.15, -0.1) is 0 Å². The zero-order valence-corrected chi connectivity index (χ0v) is 9.15. The lowest BCUT2D eigenvalue weighted by atomic mass is 9.69. The Morgan fingerprint density at radius 2 is 2.00 bits per heavy atom. The van der Waals surface area contributed by atoms with Gasteiger partial charge in [-0.25, -0.2) is 9.97 Å². The van der Waals surface area contributed by atoms with Crippen LogP contribution >= 0.6 is 0 Å². The molecule has 3 saturated carbocycles. The predicted molar refractivity (Wildman–Crippen MR) is 59.5 cm³/mol. The summed E-state index contributed by atoms with van der Waals surface area (Å²) in [4.78, 5) is 8.53. The molecule has 2 bridgehead atoms. The predicted octanol–water partition coefficient (Wildman–Crippen LogP) is 3.09. The zero-order chi connectivity index (χ0) is 10.1. The molecule has 0 aliphatic heterocycles. The highest BCUT2D eigenvalue weighted by molar-refractivity contribution is 5.17. The molecule has 0 amide bonds. The van der Waals surface area contributed by atoms with E-state index in [4.69, 9.17) is 0 Å². The van der Waals surface area contributed by atoms with Crippen molar-refractivity contribution in [3.05, 3.63) is 24.3 Å². The fraction of sp³-hybridized carbons (Fsp3) is 0.692. The van der Waals surface area contributed by atoms with Crippen LogP contribution in [0, 0.1) is 5.92 Å². The third kappa shape index (κ3) is 1.56. The number of aromatic nitrogens is 2. The topological polar surface area (TPSA) is 25.8 Å². The molecule has 1 aromatic heterocycles. The van der Waals surface area contributed by atoms with E-state index in [-0.39, 0.29) is 0 Å². The van der Waals surface area contributed by atoms with Crippen molar-refractivity contribution in [3.8, 4) is 0 Å². The highest BCUT2D eigenvalue weighted by atomic mass is 14.8. The van der Waals surface area contributed by atoms with Crippen LogP contribution in [0.2, 0.25) is 0 Å². The minimum Gasteiger partial charge on any atom is -0.245 e.